The van der Waals surface area contributed by atoms with Crippen LogP contribution >= 0.6 is 11.8 Å². The smallest absolute Gasteiger partial charge is 0.283 e. The number of hydrogen-bond donors (Lipinski definition) is 0. The lowest BCUT2D eigenvalue weighted by atomic mass is 10.2. The molecule has 0 bridgehead atoms. The van der Waals surface area contributed by atoms with Crippen molar-refractivity contribution in [3.63, 3.8) is 0 Å². The summed E-state index contributed by atoms with van der Waals surface area (Å²) in [4.78, 5) is 34.3. The molecule has 0 radical (unpaired) electrons. The van der Waals surface area contributed by atoms with Gasteiger partial charge in [0.1, 0.15) is 10.6 Å². The van der Waals surface area contributed by atoms with Crippen LogP contribution in [-0.4, -0.2) is 42.9 Å². The summed E-state index contributed by atoms with van der Waals surface area (Å²) < 4.78 is 0. The monoisotopic (exact) mass is 455 g/mol. The Morgan fingerprint density at radius 1 is 0.636 bits per heavy atom. The first-order chi connectivity index (χ1) is 16.1. The zero-order valence-electron chi connectivity index (χ0n) is 18.5. The van der Waals surface area contributed by atoms with Crippen molar-refractivity contribution >= 4 is 35.0 Å². The maximum atomic E-state index is 13.6. The number of amides is 2. The van der Waals surface area contributed by atoms with Crippen molar-refractivity contribution < 1.29 is 9.59 Å². The van der Waals surface area contributed by atoms with Crippen molar-refractivity contribution in [2.75, 3.05) is 36.0 Å². The first-order valence-corrected chi connectivity index (χ1v) is 11.9. The number of anilines is 2. The number of imide groups is 1. The Bertz CT molecular complexity index is 1190. The lowest BCUT2D eigenvalue weighted by Gasteiger charge is -2.37. The molecular formula is C27H25N3O2S. The molecule has 166 valence electrons. The minimum absolute atomic E-state index is 0.240. The fourth-order valence-electron chi connectivity index (χ4n) is 4.23. The molecule has 0 saturated carbocycles. The van der Waals surface area contributed by atoms with Crippen molar-refractivity contribution in [2.45, 2.75) is 11.8 Å². The Kier molecular flexibility index (Phi) is 5.92. The maximum Gasteiger partial charge on any atom is 0.283 e. The van der Waals surface area contributed by atoms with Gasteiger partial charge in [-0.2, -0.15) is 0 Å². The second-order valence-corrected chi connectivity index (χ2v) is 9.27. The van der Waals surface area contributed by atoms with E-state index in [1.54, 1.807) is 0 Å². The molecule has 0 aromatic heterocycles. The van der Waals surface area contributed by atoms with Crippen LogP contribution in [0.25, 0.3) is 0 Å². The number of thioether (sulfide) groups is 1. The average molecular weight is 456 g/mol. The topological polar surface area (TPSA) is 43.9 Å². The Morgan fingerprint density at radius 3 is 1.85 bits per heavy atom. The van der Waals surface area contributed by atoms with E-state index in [9.17, 15) is 9.59 Å². The fourth-order valence-corrected chi connectivity index (χ4v) is 5.25. The summed E-state index contributed by atoms with van der Waals surface area (Å²) in [6, 6.07) is 27.6. The lowest BCUT2D eigenvalue weighted by molar-refractivity contribution is -0.121. The summed E-state index contributed by atoms with van der Waals surface area (Å²) in [5.41, 5.74) is 3.39. The molecule has 33 heavy (non-hydrogen) atoms. The van der Waals surface area contributed by atoms with Gasteiger partial charge in [0.25, 0.3) is 11.8 Å². The molecule has 2 heterocycles. The van der Waals surface area contributed by atoms with Crippen LogP contribution in [0.4, 0.5) is 11.4 Å². The van der Waals surface area contributed by atoms with Crippen molar-refractivity contribution in [1.29, 1.82) is 0 Å². The van der Waals surface area contributed by atoms with E-state index in [-0.39, 0.29) is 11.8 Å². The average Bonchev–Trinajstić information content (AvgIpc) is 3.10. The van der Waals surface area contributed by atoms with Crippen LogP contribution in [0.1, 0.15) is 5.56 Å². The number of carbonyl (C=O) groups excluding carboxylic acids is 2. The van der Waals surface area contributed by atoms with E-state index in [0.717, 1.165) is 23.5 Å². The van der Waals surface area contributed by atoms with Crippen molar-refractivity contribution in [3.8, 4) is 0 Å². The second-order valence-electron chi connectivity index (χ2n) is 8.18. The Morgan fingerprint density at radius 2 is 1.21 bits per heavy atom. The van der Waals surface area contributed by atoms with Gasteiger partial charge in [-0.1, -0.05) is 65.9 Å². The Balaban J connectivity index is 1.45. The van der Waals surface area contributed by atoms with Gasteiger partial charge < -0.3 is 9.80 Å². The molecule has 3 aromatic carbocycles. The standard InChI is InChI=1S/C27H25N3O2S/c1-20-12-14-22(15-13-20)30-26(31)24(25(27(30)32)33-23-10-6-3-7-11-23)29-18-16-28(17-19-29)21-8-4-2-5-9-21/h2-15H,16-19H2,1H3. The van der Waals surface area contributed by atoms with E-state index in [4.69, 9.17) is 0 Å². The summed E-state index contributed by atoms with van der Waals surface area (Å²) in [5.74, 6) is -0.492. The number of para-hydroxylation sites is 1. The van der Waals surface area contributed by atoms with Crippen molar-refractivity contribution in [3.05, 3.63) is 101 Å². The molecule has 0 aliphatic carbocycles. The van der Waals surface area contributed by atoms with Gasteiger partial charge in [-0.3, -0.25) is 9.59 Å². The number of carbonyl (C=O) groups is 2. The molecule has 0 unspecified atom stereocenters. The van der Waals surface area contributed by atoms with Crippen LogP contribution in [0.5, 0.6) is 0 Å². The first-order valence-electron chi connectivity index (χ1n) is 11.1. The highest BCUT2D eigenvalue weighted by atomic mass is 32.2. The molecule has 2 amide bonds. The zero-order chi connectivity index (χ0) is 22.8. The highest BCUT2D eigenvalue weighted by Gasteiger charge is 2.43. The summed E-state index contributed by atoms with van der Waals surface area (Å²) in [5, 5.41) is 0. The SMILES string of the molecule is Cc1ccc(N2C(=O)C(Sc3ccccc3)=C(N3CCN(c4ccccc4)CC3)C2=O)cc1. The molecule has 2 aliphatic rings. The number of nitrogens with zero attached hydrogens (tertiary/aromatic N) is 3. The summed E-state index contributed by atoms with van der Waals surface area (Å²) in [6.07, 6.45) is 0. The molecule has 6 heteroatoms. The third kappa shape index (κ3) is 4.26. The van der Waals surface area contributed by atoms with Gasteiger partial charge in [0.15, 0.2) is 0 Å². The van der Waals surface area contributed by atoms with Crippen LogP contribution in [0, 0.1) is 6.92 Å². The minimum Gasteiger partial charge on any atom is -0.368 e. The van der Waals surface area contributed by atoms with E-state index in [1.165, 1.54) is 22.3 Å². The van der Waals surface area contributed by atoms with Crippen LogP contribution in [-0.2, 0) is 9.59 Å². The molecule has 3 aromatic rings. The molecule has 1 fully saturated rings. The van der Waals surface area contributed by atoms with E-state index in [0.29, 0.717) is 29.4 Å². The van der Waals surface area contributed by atoms with E-state index < -0.39 is 0 Å². The summed E-state index contributed by atoms with van der Waals surface area (Å²) in [7, 11) is 0. The van der Waals surface area contributed by atoms with Crippen LogP contribution in [0.15, 0.2) is 100 Å². The normalized spacial score (nSPS) is 16.7. The van der Waals surface area contributed by atoms with Crippen LogP contribution in [0.3, 0.4) is 0 Å². The molecule has 5 nitrogen and oxygen atoms in total. The van der Waals surface area contributed by atoms with Gasteiger partial charge in [-0.05, 0) is 43.3 Å². The molecule has 0 spiro atoms. The van der Waals surface area contributed by atoms with Gasteiger partial charge in [-0.25, -0.2) is 4.90 Å². The third-order valence-electron chi connectivity index (χ3n) is 5.99. The predicted octanol–water partition coefficient (Wildman–Crippen LogP) is 4.69. The third-order valence-corrected chi connectivity index (χ3v) is 7.07. The largest absolute Gasteiger partial charge is 0.368 e. The van der Waals surface area contributed by atoms with Crippen LogP contribution in [0.2, 0.25) is 0 Å². The number of benzene rings is 3. The fraction of sp³-hybridized carbons (Fsp3) is 0.185. The minimum atomic E-state index is -0.252. The molecule has 1 saturated heterocycles. The molecule has 0 N–H and O–H groups in total. The number of aryl methyl sites for hydroxylation is 1. The molecule has 5 rings (SSSR count). The molecule has 0 atom stereocenters. The van der Waals surface area contributed by atoms with E-state index in [2.05, 4.69) is 21.9 Å². The highest BCUT2D eigenvalue weighted by Crippen LogP contribution is 2.39. The Hall–Kier alpha value is -3.51. The maximum absolute atomic E-state index is 13.6. The zero-order valence-corrected chi connectivity index (χ0v) is 19.3. The second kappa shape index (κ2) is 9.16. The lowest BCUT2D eigenvalue weighted by Crippen LogP contribution is -2.47. The Labute approximate surface area is 198 Å². The van der Waals surface area contributed by atoms with Gasteiger partial charge in [0.05, 0.1) is 5.69 Å². The summed E-state index contributed by atoms with van der Waals surface area (Å²) >= 11 is 1.38. The van der Waals surface area contributed by atoms with Gasteiger partial charge >= 0.3 is 0 Å². The van der Waals surface area contributed by atoms with Gasteiger partial charge in [0, 0.05) is 36.8 Å². The van der Waals surface area contributed by atoms with Crippen molar-refractivity contribution in [2.24, 2.45) is 0 Å². The van der Waals surface area contributed by atoms with E-state index in [1.807, 2.05) is 79.7 Å². The van der Waals surface area contributed by atoms with Crippen molar-refractivity contribution in [1.82, 2.24) is 4.90 Å². The number of rotatable bonds is 5. The molecule has 2 aliphatic heterocycles. The first kappa shape index (κ1) is 21.3. The predicted molar refractivity (Wildman–Crippen MR) is 133 cm³/mol. The van der Waals surface area contributed by atoms with Gasteiger partial charge in [0.2, 0.25) is 0 Å². The highest BCUT2D eigenvalue weighted by molar-refractivity contribution is 8.04. The summed E-state index contributed by atoms with van der Waals surface area (Å²) in [6.45, 7) is 4.95. The van der Waals surface area contributed by atoms with E-state index >= 15 is 0 Å². The number of hydrogen-bond acceptors (Lipinski definition) is 5. The van der Waals surface area contributed by atoms with Gasteiger partial charge in [-0.15, -0.1) is 0 Å². The number of piperazine rings is 1. The van der Waals surface area contributed by atoms with Crippen LogP contribution < -0.4 is 9.80 Å². The quantitative estimate of drug-likeness (QED) is 0.522. The molecular weight excluding hydrogens is 430 g/mol.